The van der Waals surface area contributed by atoms with Crippen LogP contribution in [0.4, 0.5) is 0 Å². The topological polar surface area (TPSA) is 77.2 Å². The molecular formula is C38H70INO3S. The maximum absolute atomic E-state index is 13.3. The van der Waals surface area contributed by atoms with Gasteiger partial charge in [-0.15, -0.1) is 0 Å². The normalized spacial score (nSPS) is 11.9. The summed E-state index contributed by atoms with van der Waals surface area (Å²) in [6.45, 7) is 8.99. The van der Waals surface area contributed by atoms with Crippen LogP contribution >= 0.6 is 21.2 Å². The van der Waals surface area contributed by atoms with Crippen LogP contribution in [0.25, 0.3) is 0 Å². The Kier molecular flexibility index (Phi) is 25.3. The van der Waals surface area contributed by atoms with Crippen molar-refractivity contribution in [3.05, 3.63) is 25.8 Å². The van der Waals surface area contributed by atoms with E-state index in [0.29, 0.717) is 3.57 Å². The van der Waals surface area contributed by atoms with Gasteiger partial charge in [-0.05, 0) is 73.6 Å². The van der Waals surface area contributed by atoms with Crippen LogP contribution in [-0.4, -0.2) is 8.42 Å². The van der Waals surface area contributed by atoms with Gasteiger partial charge in [0.05, 0.1) is 3.57 Å². The zero-order chi connectivity index (χ0) is 32.5. The number of hydrogen-bond donors (Lipinski definition) is 1. The second kappa shape index (κ2) is 26.7. The molecule has 0 atom stereocenters. The van der Waals surface area contributed by atoms with Crippen LogP contribution in [0.3, 0.4) is 0 Å². The zero-order valence-electron chi connectivity index (χ0n) is 29.4. The number of rotatable bonds is 30. The molecule has 0 bridgehead atoms. The lowest BCUT2D eigenvalue weighted by molar-refractivity contribution is 0.578. The van der Waals surface area contributed by atoms with Crippen LogP contribution in [0, 0.1) is 3.57 Å². The fourth-order valence-corrected chi connectivity index (χ4v) is 10.2. The minimum Gasteiger partial charge on any atom is -0.265 e. The van der Waals surface area contributed by atoms with Crippen molar-refractivity contribution >= 4 is 31.2 Å². The molecule has 0 radical (unpaired) electrons. The third-order valence-electron chi connectivity index (χ3n) is 9.31. The third-order valence-corrected chi connectivity index (χ3v) is 12.3. The highest BCUT2D eigenvalue weighted by atomic mass is 127. The molecule has 1 rings (SSSR count). The summed E-state index contributed by atoms with van der Waals surface area (Å²) in [6.07, 6.45) is 32.3. The smallest absolute Gasteiger partial charge is 0.239 e. The summed E-state index contributed by atoms with van der Waals surface area (Å²) in [5.41, 5.74) is 4.68. The minimum absolute atomic E-state index is 0.266. The van der Waals surface area contributed by atoms with E-state index >= 15 is 0 Å². The van der Waals surface area contributed by atoms with Crippen molar-refractivity contribution in [3.8, 4) is 0 Å². The predicted molar refractivity (Wildman–Crippen MR) is 200 cm³/mol. The first-order chi connectivity index (χ1) is 21.4. The Bertz CT molecular complexity index is 993. The summed E-state index contributed by atoms with van der Waals surface area (Å²) < 4.78 is 40.3. The molecule has 0 spiro atoms. The monoisotopic (exact) mass is 747 g/mol. The number of benzene rings is 1. The van der Waals surface area contributed by atoms with E-state index in [0.717, 1.165) is 75.3 Å². The number of hydrogen-bond acceptors (Lipinski definition) is 3. The average molecular weight is 748 g/mol. The summed E-state index contributed by atoms with van der Waals surface area (Å²) in [4.78, 5) is 0.266. The minimum atomic E-state index is -3.98. The molecule has 0 unspecified atom stereocenters. The van der Waals surface area contributed by atoms with Crippen LogP contribution in [0.5, 0.6) is 0 Å². The van der Waals surface area contributed by atoms with Crippen LogP contribution in [0.15, 0.2) is 4.90 Å². The quantitative estimate of drug-likeness (QED) is 0.0629. The molecule has 0 saturated carbocycles. The molecule has 44 heavy (non-hydrogen) atoms. The van der Waals surface area contributed by atoms with E-state index in [-0.39, 0.29) is 4.90 Å². The lowest BCUT2D eigenvalue weighted by Gasteiger charge is -2.24. The van der Waals surface area contributed by atoms with Gasteiger partial charge in [-0.3, -0.25) is 3.07 Å². The highest BCUT2D eigenvalue weighted by Gasteiger charge is 2.29. The molecule has 0 aliphatic heterocycles. The molecule has 6 heteroatoms. The molecule has 0 amide bonds. The van der Waals surface area contributed by atoms with Gasteiger partial charge in [-0.2, -0.15) is 0 Å². The Morgan fingerprint density at radius 2 is 0.705 bits per heavy atom. The van der Waals surface area contributed by atoms with Crippen molar-refractivity contribution in [1.82, 2.24) is 0 Å². The van der Waals surface area contributed by atoms with Crippen LogP contribution in [0.1, 0.15) is 204 Å². The van der Waals surface area contributed by atoms with E-state index in [1.807, 2.05) is 0 Å². The van der Waals surface area contributed by atoms with Gasteiger partial charge in [-0.1, -0.05) is 156 Å². The van der Waals surface area contributed by atoms with E-state index in [1.165, 1.54) is 127 Å². The molecule has 0 heterocycles. The van der Waals surface area contributed by atoms with Gasteiger partial charge >= 0.3 is 0 Å². The Labute approximate surface area is 284 Å². The SMILES string of the molecule is CCCCCCCCc1c(CCCCCCCC)c(CCCCCCCC)c(S(N)(=O)=O)c(I=O)c1CCCCCCCC. The first kappa shape index (κ1) is 41.7. The predicted octanol–water partition coefficient (Wildman–Crippen LogP) is 12.4. The fraction of sp³-hybridized carbons (Fsp3) is 0.842. The Morgan fingerprint density at radius 3 is 1.02 bits per heavy atom. The number of unbranched alkanes of at least 4 members (excludes halogenated alkanes) is 20. The molecule has 0 aromatic heterocycles. The van der Waals surface area contributed by atoms with Gasteiger partial charge in [0.15, 0.2) is 21.2 Å². The standard InChI is InChI=1S/C38H70INO3S/c1-5-9-13-17-21-25-29-33-34(30-26-22-18-14-10-6-2)36(32-28-24-20-16-12-8-4)38(44(40,42)43)37(39-41)35(33)31-27-23-19-15-11-7-3/h5-32H2,1-4H3,(H2,40,42,43). The zero-order valence-corrected chi connectivity index (χ0v) is 32.4. The lowest BCUT2D eigenvalue weighted by Crippen LogP contribution is -2.21. The Hall–Kier alpha value is -0.340. The Balaban J connectivity index is 3.55. The van der Waals surface area contributed by atoms with Gasteiger partial charge < -0.3 is 0 Å². The maximum atomic E-state index is 13.3. The molecule has 4 nitrogen and oxygen atoms in total. The molecular weight excluding hydrogens is 677 g/mol. The third kappa shape index (κ3) is 17.0. The molecule has 0 aliphatic carbocycles. The number of nitrogens with two attached hydrogens (primary N) is 1. The van der Waals surface area contributed by atoms with Crippen LogP contribution in [-0.2, 0) is 38.8 Å². The first-order valence-electron chi connectivity index (χ1n) is 18.9. The second-order valence-electron chi connectivity index (χ2n) is 13.3. The summed E-state index contributed by atoms with van der Waals surface area (Å²) in [5, 5.41) is 6.03. The molecule has 258 valence electrons. The van der Waals surface area contributed by atoms with Gasteiger partial charge in [0, 0.05) is 0 Å². The van der Waals surface area contributed by atoms with E-state index in [2.05, 4.69) is 27.7 Å². The maximum Gasteiger partial charge on any atom is 0.239 e. The fourth-order valence-electron chi connectivity index (χ4n) is 6.74. The van der Waals surface area contributed by atoms with Crippen molar-refractivity contribution in [3.63, 3.8) is 0 Å². The summed E-state index contributed by atoms with van der Waals surface area (Å²) in [6, 6.07) is 0. The highest BCUT2D eigenvalue weighted by molar-refractivity contribution is 14.1. The molecule has 0 aliphatic rings. The van der Waals surface area contributed by atoms with Gasteiger partial charge in [0.2, 0.25) is 10.0 Å². The summed E-state index contributed by atoms with van der Waals surface area (Å²) in [5.74, 6) is 0. The van der Waals surface area contributed by atoms with Gasteiger partial charge in [0.1, 0.15) is 4.90 Å². The van der Waals surface area contributed by atoms with E-state index in [9.17, 15) is 11.5 Å². The average Bonchev–Trinajstić information content (AvgIpc) is 3.00. The number of halogens is 1. The van der Waals surface area contributed by atoms with Crippen LogP contribution in [0.2, 0.25) is 0 Å². The first-order valence-corrected chi connectivity index (χ1v) is 22.4. The summed E-state index contributed by atoms with van der Waals surface area (Å²) in [7, 11) is -3.98. The molecule has 0 fully saturated rings. The largest absolute Gasteiger partial charge is 0.265 e. The molecule has 1 aromatic carbocycles. The van der Waals surface area contributed by atoms with Crippen molar-refractivity contribution in [2.24, 2.45) is 5.14 Å². The number of sulfonamides is 1. The summed E-state index contributed by atoms with van der Waals surface area (Å²) >= 11 is -1.67. The van der Waals surface area contributed by atoms with Crippen LogP contribution < -0.4 is 5.14 Å². The van der Waals surface area contributed by atoms with Crippen molar-refractivity contribution in [2.75, 3.05) is 0 Å². The second-order valence-corrected chi connectivity index (χ2v) is 16.3. The van der Waals surface area contributed by atoms with E-state index in [1.54, 1.807) is 0 Å². The molecule has 1 aromatic rings. The van der Waals surface area contributed by atoms with E-state index in [4.69, 9.17) is 5.14 Å². The lowest BCUT2D eigenvalue weighted by atomic mass is 9.85. The van der Waals surface area contributed by atoms with Crippen molar-refractivity contribution in [1.29, 1.82) is 0 Å². The van der Waals surface area contributed by atoms with Crippen molar-refractivity contribution < 1.29 is 11.5 Å². The van der Waals surface area contributed by atoms with Crippen molar-refractivity contribution in [2.45, 2.75) is 212 Å². The number of primary sulfonamides is 1. The molecule has 2 N–H and O–H groups in total. The van der Waals surface area contributed by atoms with Gasteiger partial charge in [0.25, 0.3) is 0 Å². The van der Waals surface area contributed by atoms with Gasteiger partial charge in [-0.25, -0.2) is 13.6 Å². The highest BCUT2D eigenvalue weighted by Crippen LogP contribution is 2.38. The Morgan fingerprint density at radius 1 is 0.432 bits per heavy atom. The molecule has 0 saturated heterocycles. The van der Waals surface area contributed by atoms with E-state index < -0.39 is 31.2 Å².